The zero-order chi connectivity index (χ0) is 20.2. The summed E-state index contributed by atoms with van der Waals surface area (Å²) in [6.07, 6.45) is 1.80. The molecule has 0 bridgehead atoms. The Hall–Kier alpha value is -2.83. The lowest BCUT2D eigenvalue weighted by atomic mass is 10.1. The third kappa shape index (κ3) is 4.44. The van der Waals surface area contributed by atoms with Gasteiger partial charge >= 0.3 is 0 Å². The predicted molar refractivity (Wildman–Crippen MR) is 122 cm³/mol. The number of benzene rings is 3. The van der Waals surface area contributed by atoms with Crippen molar-refractivity contribution in [3.63, 3.8) is 0 Å². The molecule has 6 heteroatoms. The van der Waals surface area contributed by atoms with Gasteiger partial charge in [-0.15, -0.1) is 0 Å². The molecule has 29 heavy (non-hydrogen) atoms. The molecule has 1 amide bonds. The average molecular weight is 422 g/mol. The second-order valence-corrected chi connectivity index (χ2v) is 8.14. The first-order valence-electron chi connectivity index (χ1n) is 9.25. The topological polar surface area (TPSA) is 47.6 Å². The first-order chi connectivity index (χ1) is 14.1. The number of fused-ring (bicyclic) bond motifs is 1. The molecule has 0 unspecified atom stereocenters. The molecule has 1 aliphatic heterocycles. The van der Waals surface area contributed by atoms with Crippen LogP contribution in [0.25, 0.3) is 16.8 Å². The number of carbonyl (C=O) groups is 1. The van der Waals surface area contributed by atoms with Crippen LogP contribution < -0.4 is 14.8 Å². The van der Waals surface area contributed by atoms with E-state index in [9.17, 15) is 4.79 Å². The number of hydrogen-bond acceptors (Lipinski definition) is 5. The van der Waals surface area contributed by atoms with Crippen LogP contribution in [-0.4, -0.2) is 16.8 Å². The van der Waals surface area contributed by atoms with E-state index in [1.165, 1.54) is 22.5 Å². The molecule has 0 aromatic heterocycles. The van der Waals surface area contributed by atoms with Gasteiger partial charge in [-0.25, -0.2) is 0 Å². The highest BCUT2D eigenvalue weighted by atomic mass is 32.2. The van der Waals surface area contributed by atoms with Crippen molar-refractivity contribution < 1.29 is 14.3 Å². The van der Waals surface area contributed by atoms with Crippen molar-refractivity contribution >= 4 is 51.1 Å². The molecule has 0 atom stereocenters. The maximum absolute atomic E-state index is 11.9. The number of carbonyl (C=O) groups excluding carboxylic acids is 1. The van der Waals surface area contributed by atoms with Crippen LogP contribution in [0.5, 0.6) is 11.5 Å². The van der Waals surface area contributed by atoms with E-state index in [-0.39, 0.29) is 5.91 Å². The highest BCUT2D eigenvalue weighted by Gasteiger charge is 2.22. The van der Waals surface area contributed by atoms with Crippen molar-refractivity contribution in [1.29, 1.82) is 0 Å². The fraction of sp³-hybridized carbons (Fsp3) is 0.130. The van der Waals surface area contributed by atoms with Gasteiger partial charge < -0.3 is 14.8 Å². The van der Waals surface area contributed by atoms with Crippen LogP contribution in [0.2, 0.25) is 0 Å². The Morgan fingerprint density at radius 1 is 1.03 bits per heavy atom. The highest BCUT2D eigenvalue weighted by Crippen LogP contribution is 2.33. The smallest absolute Gasteiger partial charge is 0.263 e. The van der Waals surface area contributed by atoms with Crippen LogP contribution >= 0.6 is 24.0 Å². The highest BCUT2D eigenvalue weighted by molar-refractivity contribution is 8.26. The molecule has 1 aliphatic rings. The van der Waals surface area contributed by atoms with E-state index in [0.29, 0.717) is 33.9 Å². The van der Waals surface area contributed by atoms with Crippen molar-refractivity contribution in [2.75, 3.05) is 6.61 Å². The Balaban J connectivity index is 1.58. The molecule has 146 valence electrons. The van der Waals surface area contributed by atoms with Crippen molar-refractivity contribution in [2.24, 2.45) is 0 Å². The molecule has 0 radical (unpaired) electrons. The minimum absolute atomic E-state index is 0.172. The second kappa shape index (κ2) is 8.68. The number of thioether (sulfide) groups is 1. The summed E-state index contributed by atoms with van der Waals surface area (Å²) in [5.74, 6) is 1.14. The molecule has 0 spiro atoms. The molecule has 0 saturated carbocycles. The molecular weight excluding hydrogens is 402 g/mol. The predicted octanol–water partition coefficient (Wildman–Crippen LogP) is 5.31. The summed E-state index contributed by atoms with van der Waals surface area (Å²) < 4.78 is 12.3. The van der Waals surface area contributed by atoms with Crippen molar-refractivity contribution in [3.8, 4) is 11.5 Å². The zero-order valence-corrected chi connectivity index (χ0v) is 17.4. The standard InChI is InChI=1S/C23H19NO3S2/c1-2-26-20-12-15(13-21-22(25)24-23(28)29-21)10-11-19(20)27-14-17-8-5-7-16-6-3-4-9-18(16)17/h3-13H,2,14H2,1H3,(H,24,25,28)/b21-13-. The van der Waals surface area contributed by atoms with Crippen molar-refractivity contribution in [2.45, 2.75) is 13.5 Å². The Morgan fingerprint density at radius 2 is 1.86 bits per heavy atom. The third-order valence-electron chi connectivity index (χ3n) is 4.47. The summed E-state index contributed by atoms with van der Waals surface area (Å²) in [5, 5.41) is 4.98. The zero-order valence-electron chi connectivity index (χ0n) is 15.8. The summed E-state index contributed by atoms with van der Waals surface area (Å²) in [6, 6.07) is 20.1. The molecule has 3 aromatic rings. The number of thiocarbonyl (C=S) groups is 1. The third-order valence-corrected chi connectivity index (χ3v) is 5.63. The van der Waals surface area contributed by atoms with Gasteiger partial charge in [-0.2, -0.15) is 0 Å². The Kier molecular flexibility index (Phi) is 5.83. The molecule has 1 heterocycles. The molecule has 3 aromatic carbocycles. The van der Waals surface area contributed by atoms with Crippen molar-refractivity contribution in [1.82, 2.24) is 5.32 Å². The number of hydrogen-bond donors (Lipinski definition) is 1. The Bertz CT molecular complexity index is 1120. The van der Waals surface area contributed by atoms with E-state index < -0.39 is 0 Å². The van der Waals surface area contributed by atoms with Crippen LogP contribution in [-0.2, 0) is 11.4 Å². The van der Waals surface area contributed by atoms with Gasteiger partial charge in [0, 0.05) is 0 Å². The van der Waals surface area contributed by atoms with Crippen LogP contribution in [0.15, 0.2) is 65.6 Å². The van der Waals surface area contributed by atoms with E-state index >= 15 is 0 Å². The lowest BCUT2D eigenvalue weighted by Gasteiger charge is -2.14. The molecule has 0 aliphatic carbocycles. The number of ether oxygens (including phenoxy) is 2. The molecule has 1 N–H and O–H groups in total. The molecule has 1 fully saturated rings. The molecular formula is C23H19NO3S2. The van der Waals surface area contributed by atoms with E-state index in [1.807, 2.05) is 43.3 Å². The lowest BCUT2D eigenvalue weighted by molar-refractivity contribution is -0.115. The summed E-state index contributed by atoms with van der Waals surface area (Å²) in [5.41, 5.74) is 1.97. The van der Waals surface area contributed by atoms with Gasteiger partial charge in [0.15, 0.2) is 11.5 Å². The normalized spacial score (nSPS) is 15.0. The van der Waals surface area contributed by atoms with Gasteiger partial charge in [-0.05, 0) is 47.0 Å². The first kappa shape index (κ1) is 19.5. The number of nitrogens with one attached hydrogen (secondary N) is 1. The summed E-state index contributed by atoms with van der Waals surface area (Å²) in [6.45, 7) is 2.89. The fourth-order valence-corrected chi connectivity index (χ4v) is 4.19. The SMILES string of the molecule is CCOc1cc(/C=C2\SC(=S)NC2=O)ccc1OCc1cccc2ccccc12. The van der Waals surface area contributed by atoms with Crippen LogP contribution in [0.1, 0.15) is 18.1 Å². The van der Waals surface area contributed by atoms with Crippen LogP contribution in [0, 0.1) is 0 Å². The molecule has 4 rings (SSSR count). The Labute approximate surface area is 178 Å². The maximum atomic E-state index is 11.9. The lowest BCUT2D eigenvalue weighted by Crippen LogP contribution is -2.17. The quantitative estimate of drug-likeness (QED) is 0.432. The summed E-state index contributed by atoms with van der Waals surface area (Å²) >= 11 is 6.30. The van der Waals surface area contributed by atoms with Gasteiger partial charge in [0.2, 0.25) is 0 Å². The van der Waals surface area contributed by atoms with Crippen LogP contribution in [0.3, 0.4) is 0 Å². The van der Waals surface area contributed by atoms with E-state index in [1.54, 1.807) is 6.08 Å². The minimum Gasteiger partial charge on any atom is -0.490 e. The summed E-state index contributed by atoms with van der Waals surface area (Å²) in [4.78, 5) is 12.5. The van der Waals surface area contributed by atoms with Gasteiger partial charge in [-0.1, -0.05) is 72.5 Å². The average Bonchev–Trinajstić information content (AvgIpc) is 3.04. The largest absolute Gasteiger partial charge is 0.490 e. The van der Waals surface area contributed by atoms with Gasteiger partial charge in [-0.3, -0.25) is 4.79 Å². The number of amides is 1. The maximum Gasteiger partial charge on any atom is 0.263 e. The van der Waals surface area contributed by atoms with Gasteiger partial charge in [0.25, 0.3) is 5.91 Å². The Morgan fingerprint density at radius 3 is 2.66 bits per heavy atom. The van der Waals surface area contributed by atoms with Gasteiger partial charge in [0.1, 0.15) is 10.9 Å². The van der Waals surface area contributed by atoms with E-state index in [2.05, 4.69) is 29.6 Å². The van der Waals surface area contributed by atoms with E-state index in [4.69, 9.17) is 21.7 Å². The molecule has 1 saturated heterocycles. The second-order valence-electron chi connectivity index (χ2n) is 6.42. The van der Waals surface area contributed by atoms with Crippen molar-refractivity contribution in [3.05, 3.63) is 76.7 Å². The fourth-order valence-electron chi connectivity index (χ4n) is 3.15. The van der Waals surface area contributed by atoms with Gasteiger partial charge in [0.05, 0.1) is 11.5 Å². The summed E-state index contributed by atoms with van der Waals surface area (Å²) in [7, 11) is 0. The van der Waals surface area contributed by atoms with Crippen LogP contribution in [0.4, 0.5) is 0 Å². The monoisotopic (exact) mass is 421 g/mol. The van der Waals surface area contributed by atoms with E-state index in [0.717, 1.165) is 11.1 Å². The molecule has 4 nitrogen and oxygen atoms in total. The number of rotatable bonds is 6. The first-order valence-corrected chi connectivity index (χ1v) is 10.5. The minimum atomic E-state index is -0.172.